The van der Waals surface area contributed by atoms with E-state index in [-0.39, 0.29) is 18.7 Å². The molecule has 0 fully saturated rings. The molecule has 25 heavy (non-hydrogen) atoms. The Labute approximate surface area is 144 Å². The van der Waals surface area contributed by atoms with Crippen LogP contribution in [0, 0.1) is 19.7 Å². The molecule has 5 nitrogen and oxygen atoms in total. The molecule has 1 aliphatic rings. The maximum absolute atomic E-state index is 13.8. The summed E-state index contributed by atoms with van der Waals surface area (Å²) in [5.74, 6) is -1.80. The minimum absolute atomic E-state index is 0.0509. The molecule has 0 unspecified atom stereocenters. The predicted octanol–water partition coefficient (Wildman–Crippen LogP) is 3.07. The zero-order chi connectivity index (χ0) is 18.1. The Morgan fingerprint density at radius 1 is 1.00 bits per heavy atom. The maximum atomic E-state index is 13.8. The van der Waals surface area contributed by atoms with Gasteiger partial charge in [0.2, 0.25) is 5.91 Å². The number of aryl methyl sites for hydroxylation is 2. The number of rotatable bonds is 4. The van der Waals surface area contributed by atoms with Gasteiger partial charge in [-0.05, 0) is 43.7 Å². The number of nitrogens with zero attached hydrogens (tertiary/aromatic N) is 1. The lowest BCUT2D eigenvalue weighted by molar-refractivity contribution is -0.116. The zero-order valence-electron chi connectivity index (χ0n) is 13.9. The number of halogens is 1. The Morgan fingerprint density at radius 3 is 2.36 bits per heavy atom. The molecule has 3 rings (SSSR count). The Kier molecular flexibility index (Phi) is 4.35. The van der Waals surface area contributed by atoms with E-state index in [0.717, 1.165) is 16.0 Å². The van der Waals surface area contributed by atoms with Crippen molar-refractivity contribution in [3.05, 3.63) is 64.5 Å². The number of carbonyl (C=O) groups is 3. The number of nitrogens with one attached hydrogen (secondary N) is 1. The topological polar surface area (TPSA) is 66.5 Å². The molecule has 6 heteroatoms. The van der Waals surface area contributed by atoms with Gasteiger partial charge in [-0.15, -0.1) is 0 Å². The summed E-state index contributed by atoms with van der Waals surface area (Å²) in [6.45, 7) is 3.54. The summed E-state index contributed by atoms with van der Waals surface area (Å²) in [6, 6.07) is 9.53. The highest BCUT2D eigenvalue weighted by Gasteiger charge is 2.35. The summed E-state index contributed by atoms with van der Waals surface area (Å²) in [7, 11) is 0. The van der Waals surface area contributed by atoms with Crippen LogP contribution in [-0.4, -0.2) is 29.2 Å². The number of carbonyl (C=O) groups excluding carboxylic acids is 3. The van der Waals surface area contributed by atoms with Gasteiger partial charge in [-0.25, -0.2) is 4.39 Å². The third-order valence-corrected chi connectivity index (χ3v) is 4.09. The van der Waals surface area contributed by atoms with E-state index in [9.17, 15) is 18.8 Å². The first kappa shape index (κ1) is 16.8. The minimum Gasteiger partial charge on any atom is -0.324 e. The summed E-state index contributed by atoms with van der Waals surface area (Å²) < 4.78 is 13.8. The van der Waals surface area contributed by atoms with Crippen molar-refractivity contribution in [2.75, 3.05) is 11.9 Å². The normalized spacial score (nSPS) is 13.2. The molecule has 0 spiro atoms. The molecule has 0 aliphatic carbocycles. The van der Waals surface area contributed by atoms with Crippen molar-refractivity contribution >= 4 is 23.4 Å². The van der Waals surface area contributed by atoms with E-state index in [1.165, 1.54) is 12.1 Å². The van der Waals surface area contributed by atoms with Crippen LogP contribution < -0.4 is 5.32 Å². The predicted molar refractivity (Wildman–Crippen MR) is 90.9 cm³/mol. The molecular formula is C19H17FN2O3. The van der Waals surface area contributed by atoms with Crippen LogP contribution in [0.4, 0.5) is 10.1 Å². The molecule has 1 N–H and O–H groups in total. The van der Waals surface area contributed by atoms with E-state index in [2.05, 4.69) is 5.32 Å². The Bertz CT molecular complexity index is 892. The lowest BCUT2D eigenvalue weighted by atomic mass is 10.1. The van der Waals surface area contributed by atoms with Gasteiger partial charge < -0.3 is 5.32 Å². The smallest absolute Gasteiger partial charge is 0.261 e. The molecule has 0 bridgehead atoms. The van der Waals surface area contributed by atoms with Crippen LogP contribution in [0.25, 0.3) is 0 Å². The number of fused-ring (bicyclic) bond motifs is 1. The van der Waals surface area contributed by atoms with Crippen molar-refractivity contribution in [2.24, 2.45) is 0 Å². The molecular weight excluding hydrogens is 323 g/mol. The monoisotopic (exact) mass is 340 g/mol. The van der Waals surface area contributed by atoms with Crippen molar-refractivity contribution in [3.8, 4) is 0 Å². The average Bonchev–Trinajstić information content (AvgIpc) is 2.79. The van der Waals surface area contributed by atoms with Crippen molar-refractivity contribution in [1.29, 1.82) is 0 Å². The van der Waals surface area contributed by atoms with Crippen molar-refractivity contribution in [1.82, 2.24) is 4.90 Å². The SMILES string of the molecule is Cc1ccc(NC(=O)CCN2C(=O)c3ccc(C)cc3C2=O)c(F)c1. The average molecular weight is 340 g/mol. The number of hydrogen-bond donors (Lipinski definition) is 1. The quantitative estimate of drug-likeness (QED) is 0.870. The van der Waals surface area contributed by atoms with Crippen LogP contribution in [-0.2, 0) is 4.79 Å². The fourth-order valence-electron chi connectivity index (χ4n) is 2.76. The molecule has 0 radical (unpaired) electrons. The van der Waals surface area contributed by atoms with Crippen LogP contribution in [0.2, 0.25) is 0 Å². The van der Waals surface area contributed by atoms with Crippen LogP contribution >= 0.6 is 0 Å². The fourth-order valence-corrected chi connectivity index (χ4v) is 2.76. The number of amides is 3. The number of benzene rings is 2. The van der Waals surface area contributed by atoms with Gasteiger partial charge in [0, 0.05) is 13.0 Å². The van der Waals surface area contributed by atoms with Gasteiger partial charge >= 0.3 is 0 Å². The summed E-state index contributed by atoms with van der Waals surface area (Å²) in [5, 5.41) is 2.46. The van der Waals surface area contributed by atoms with E-state index in [1.807, 2.05) is 6.92 Å². The van der Waals surface area contributed by atoms with Gasteiger partial charge in [-0.1, -0.05) is 17.7 Å². The first-order valence-corrected chi connectivity index (χ1v) is 7.89. The molecule has 1 aliphatic heterocycles. The van der Waals surface area contributed by atoms with Crippen LogP contribution in [0.3, 0.4) is 0 Å². The first-order valence-electron chi connectivity index (χ1n) is 7.89. The molecule has 1 heterocycles. The minimum atomic E-state index is -0.524. The number of imide groups is 1. The molecule has 0 aromatic heterocycles. The molecule has 128 valence electrons. The molecule has 3 amide bonds. The molecule has 0 saturated carbocycles. The molecule has 0 saturated heterocycles. The second-order valence-corrected chi connectivity index (χ2v) is 6.09. The van der Waals surface area contributed by atoms with Gasteiger partial charge in [-0.3, -0.25) is 19.3 Å². The van der Waals surface area contributed by atoms with Crippen molar-refractivity contribution in [3.63, 3.8) is 0 Å². The second-order valence-electron chi connectivity index (χ2n) is 6.09. The van der Waals surface area contributed by atoms with Crippen LogP contribution in [0.5, 0.6) is 0 Å². The third-order valence-electron chi connectivity index (χ3n) is 4.09. The highest BCUT2D eigenvalue weighted by Crippen LogP contribution is 2.24. The summed E-state index contributed by atoms with van der Waals surface area (Å²) in [4.78, 5) is 37.7. The lowest BCUT2D eigenvalue weighted by Gasteiger charge is -2.13. The van der Waals surface area contributed by atoms with Gasteiger partial charge in [0.25, 0.3) is 11.8 Å². The summed E-state index contributed by atoms with van der Waals surface area (Å²) >= 11 is 0. The Balaban J connectivity index is 1.65. The van der Waals surface area contributed by atoms with Gasteiger partial charge in [-0.2, -0.15) is 0 Å². The van der Waals surface area contributed by atoms with E-state index < -0.39 is 23.5 Å². The van der Waals surface area contributed by atoms with E-state index in [4.69, 9.17) is 0 Å². The zero-order valence-corrected chi connectivity index (χ0v) is 13.9. The number of anilines is 1. The Morgan fingerprint density at radius 2 is 1.64 bits per heavy atom. The standard InChI is InChI=1S/C19H17FN2O3/c1-11-3-5-13-14(9-11)19(25)22(18(13)24)8-7-17(23)21-16-6-4-12(2)10-15(16)20/h3-6,9-10H,7-8H2,1-2H3,(H,21,23). The van der Waals surface area contributed by atoms with Gasteiger partial charge in [0.05, 0.1) is 16.8 Å². The number of hydrogen-bond acceptors (Lipinski definition) is 3. The van der Waals surface area contributed by atoms with Crippen LogP contribution in [0.1, 0.15) is 38.3 Å². The van der Waals surface area contributed by atoms with E-state index in [0.29, 0.717) is 11.1 Å². The molecule has 2 aromatic rings. The van der Waals surface area contributed by atoms with Crippen molar-refractivity contribution < 1.29 is 18.8 Å². The van der Waals surface area contributed by atoms with Crippen molar-refractivity contribution in [2.45, 2.75) is 20.3 Å². The summed E-state index contributed by atoms with van der Waals surface area (Å²) in [5.41, 5.74) is 2.41. The molecule has 2 aromatic carbocycles. The first-order chi connectivity index (χ1) is 11.9. The third kappa shape index (κ3) is 3.28. The Hall–Kier alpha value is -3.02. The fraction of sp³-hybridized carbons (Fsp3) is 0.211. The van der Waals surface area contributed by atoms with Gasteiger partial charge in [0.1, 0.15) is 5.82 Å². The van der Waals surface area contributed by atoms with Gasteiger partial charge in [0.15, 0.2) is 0 Å². The highest BCUT2D eigenvalue weighted by atomic mass is 19.1. The second kappa shape index (κ2) is 6.47. The lowest BCUT2D eigenvalue weighted by Crippen LogP contribution is -2.33. The van der Waals surface area contributed by atoms with Crippen LogP contribution in [0.15, 0.2) is 36.4 Å². The highest BCUT2D eigenvalue weighted by molar-refractivity contribution is 6.21. The van der Waals surface area contributed by atoms with E-state index in [1.54, 1.807) is 31.2 Å². The largest absolute Gasteiger partial charge is 0.324 e. The summed E-state index contributed by atoms with van der Waals surface area (Å²) in [6.07, 6.45) is -0.0994. The maximum Gasteiger partial charge on any atom is 0.261 e. The van der Waals surface area contributed by atoms with E-state index >= 15 is 0 Å². The molecule has 0 atom stereocenters.